The summed E-state index contributed by atoms with van der Waals surface area (Å²) >= 11 is 0. The van der Waals surface area contributed by atoms with E-state index in [-0.39, 0.29) is 0 Å². The van der Waals surface area contributed by atoms with E-state index in [2.05, 4.69) is 52.0 Å². The molecule has 0 aromatic carbocycles. The van der Waals surface area contributed by atoms with Crippen molar-refractivity contribution in [2.75, 3.05) is 0 Å². The molecular formula is C21H30. The van der Waals surface area contributed by atoms with Crippen molar-refractivity contribution in [1.82, 2.24) is 0 Å². The van der Waals surface area contributed by atoms with Crippen LogP contribution in [0.1, 0.15) is 66.2 Å². The zero-order valence-corrected chi connectivity index (χ0v) is 14.2. The summed E-state index contributed by atoms with van der Waals surface area (Å²) in [5.41, 5.74) is 6.80. The van der Waals surface area contributed by atoms with Crippen LogP contribution >= 0.6 is 0 Å². The Morgan fingerprint density at radius 3 is 2.57 bits per heavy atom. The number of fused-ring (bicyclic) bond motifs is 1. The second-order valence-electron chi connectivity index (χ2n) is 7.60. The summed E-state index contributed by atoms with van der Waals surface area (Å²) in [7, 11) is 0. The van der Waals surface area contributed by atoms with Gasteiger partial charge in [-0.15, -0.1) is 0 Å². The summed E-state index contributed by atoms with van der Waals surface area (Å²) in [4.78, 5) is 0. The lowest BCUT2D eigenvalue weighted by molar-refractivity contribution is 0.175. The molecule has 3 aliphatic carbocycles. The number of allylic oxidation sites excluding steroid dienone is 8. The SMILES string of the molecule is CC1=CC2C=C(CCC1)C(C)=C(C)C2(C)C1CC=CCC1. The van der Waals surface area contributed by atoms with Crippen molar-refractivity contribution in [1.29, 1.82) is 0 Å². The van der Waals surface area contributed by atoms with E-state index in [4.69, 9.17) is 0 Å². The third-order valence-electron chi connectivity index (χ3n) is 6.52. The van der Waals surface area contributed by atoms with Gasteiger partial charge in [-0.2, -0.15) is 0 Å². The van der Waals surface area contributed by atoms with Gasteiger partial charge in [0.1, 0.15) is 0 Å². The van der Waals surface area contributed by atoms with E-state index >= 15 is 0 Å². The van der Waals surface area contributed by atoms with Crippen molar-refractivity contribution >= 4 is 0 Å². The van der Waals surface area contributed by atoms with Crippen molar-refractivity contribution < 1.29 is 0 Å². The summed E-state index contributed by atoms with van der Waals surface area (Å²) in [5.74, 6) is 1.40. The van der Waals surface area contributed by atoms with Crippen LogP contribution in [0.4, 0.5) is 0 Å². The summed E-state index contributed by atoms with van der Waals surface area (Å²) in [6.07, 6.45) is 17.7. The Kier molecular flexibility index (Phi) is 3.99. The second kappa shape index (κ2) is 5.63. The molecule has 2 bridgehead atoms. The Bertz CT molecular complexity index is 540. The van der Waals surface area contributed by atoms with E-state index in [1.54, 1.807) is 22.3 Å². The van der Waals surface area contributed by atoms with Gasteiger partial charge in [0.15, 0.2) is 0 Å². The number of rotatable bonds is 1. The highest BCUT2D eigenvalue weighted by molar-refractivity contribution is 5.44. The van der Waals surface area contributed by atoms with E-state index in [1.165, 1.54) is 38.5 Å². The summed E-state index contributed by atoms with van der Waals surface area (Å²) in [6.45, 7) is 9.66. The third kappa shape index (κ3) is 2.47. The lowest BCUT2D eigenvalue weighted by Gasteiger charge is -2.48. The van der Waals surface area contributed by atoms with Crippen LogP contribution in [0.15, 0.2) is 46.6 Å². The molecule has 0 aromatic heterocycles. The number of hydrogen-bond acceptors (Lipinski definition) is 0. The molecular weight excluding hydrogens is 252 g/mol. The fourth-order valence-corrected chi connectivity index (χ4v) is 4.77. The maximum Gasteiger partial charge on any atom is 0.00490 e. The average Bonchev–Trinajstić information content (AvgIpc) is 2.48. The lowest BCUT2D eigenvalue weighted by Crippen LogP contribution is -2.38. The van der Waals surface area contributed by atoms with Crippen LogP contribution in [0.25, 0.3) is 0 Å². The van der Waals surface area contributed by atoms with Crippen LogP contribution in [0, 0.1) is 17.3 Å². The molecule has 0 fully saturated rings. The molecule has 3 aliphatic rings. The molecule has 3 rings (SSSR count). The van der Waals surface area contributed by atoms with Crippen LogP contribution in [0.2, 0.25) is 0 Å². The molecule has 0 radical (unpaired) electrons. The molecule has 0 aliphatic heterocycles. The van der Waals surface area contributed by atoms with Crippen LogP contribution in [0.5, 0.6) is 0 Å². The van der Waals surface area contributed by atoms with Gasteiger partial charge < -0.3 is 0 Å². The zero-order valence-electron chi connectivity index (χ0n) is 14.2. The first kappa shape index (κ1) is 14.9. The van der Waals surface area contributed by atoms with Crippen molar-refractivity contribution in [3.8, 4) is 0 Å². The van der Waals surface area contributed by atoms with Gasteiger partial charge in [-0.1, -0.05) is 42.4 Å². The van der Waals surface area contributed by atoms with Crippen molar-refractivity contribution in [3.63, 3.8) is 0 Å². The van der Waals surface area contributed by atoms with Crippen LogP contribution < -0.4 is 0 Å². The molecule has 3 unspecified atom stereocenters. The zero-order chi connectivity index (χ0) is 15.0. The van der Waals surface area contributed by atoms with Crippen LogP contribution in [-0.2, 0) is 0 Å². The predicted octanol–water partition coefficient (Wildman–Crippen LogP) is 6.37. The van der Waals surface area contributed by atoms with Crippen LogP contribution in [0.3, 0.4) is 0 Å². The highest BCUT2D eigenvalue weighted by Crippen LogP contribution is 2.54. The standard InChI is InChI=1S/C21H30/c1-15-9-8-10-18-14-20(13-15)21(4,17(3)16(18)2)19-11-6-5-7-12-19/h5-6,13-14,19-20H,7-12H2,1-4H3. The maximum atomic E-state index is 2.61. The van der Waals surface area contributed by atoms with Crippen molar-refractivity contribution in [2.24, 2.45) is 17.3 Å². The highest BCUT2D eigenvalue weighted by Gasteiger charge is 2.43. The van der Waals surface area contributed by atoms with E-state index in [0.29, 0.717) is 11.3 Å². The highest BCUT2D eigenvalue weighted by atomic mass is 14.5. The predicted molar refractivity (Wildman–Crippen MR) is 92.1 cm³/mol. The minimum atomic E-state index is 0.316. The average molecular weight is 282 g/mol. The Morgan fingerprint density at radius 1 is 1.05 bits per heavy atom. The fourth-order valence-electron chi connectivity index (χ4n) is 4.77. The van der Waals surface area contributed by atoms with E-state index in [1.807, 2.05) is 0 Å². The smallest absolute Gasteiger partial charge is 0.00490 e. The Morgan fingerprint density at radius 2 is 1.86 bits per heavy atom. The third-order valence-corrected chi connectivity index (χ3v) is 6.52. The molecule has 0 spiro atoms. The van der Waals surface area contributed by atoms with E-state index in [0.717, 1.165) is 5.92 Å². The van der Waals surface area contributed by atoms with Gasteiger partial charge in [0.2, 0.25) is 0 Å². The quantitative estimate of drug-likeness (QED) is 0.490. The Balaban J connectivity index is 2.07. The molecule has 0 saturated heterocycles. The first-order valence-corrected chi connectivity index (χ1v) is 8.74. The fraction of sp³-hybridized carbons (Fsp3) is 0.619. The first-order chi connectivity index (χ1) is 10.0. The normalized spacial score (nSPS) is 36.8. The Hall–Kier alpha value is -1.04. The van der Waals surface area contributed by atoms with Gasteiger partial charge in [0.25, 0.3) is 0 Å². The molecule has 0 saturated carbocycles. The number of hydrogen-bond donors (Lipinski definition) is 0. The van der Waals surface area contributed by atoms with Crippen LogP contribution in [-0.4, -0.2) is 0 Å². The minimum Gasteiger partial charge on any atom is -0.0885 e. The lowest BCUT2D eigenvalue weighted by atomic mass is 9.56. The largest absolute Gasteiger partial charge is 0.0885 e. The first-order valence-electron chi connectivity index (χ1n) is 8.74. The molecule has 114 valence electrons. The van der Waals surface area contributed by atoms with Gasteiger partial charge in [-0.3, -0.25) is 0 Å². The van der Waals surface area contributed by atoms with Gasteiger partial charge in [0, 0.05) is 11.3 Å². The topological polar surface area (TPSA) is 0 Å². The molecule has 0 heterocycles. The molecule has 0 N–H and O–H groups in total. The summed E-state index contributed by atoms with van der Waals surface area (Å²) < 4.78 is 0. The monoisotopic (exact) mass is 282 g/mol. The van der Waals surface area contributed by atoms with Gasteiger partial charge in [-0.25, -0.2) is 0 Å². The van der Waals surface area contributed by atoms with Gasteiger partial charge in [0.05, 0.1) is 0 Å². The molecule has 0 amide bonds. The van der Waals surface area contributed by atoms with Gasteiger partial charge in [-0.05, 0) is 76.4 Å². The molecule has 0 aromatic rings. The van der Waals surface area contributed by atoms with Crippen molar-refractivity contribution in [2.45, 2.75) is 66.2 Å². The second-order valence-corrected chi connectivity index (χ2v) is 7.60. The molecule has 0 nitrogen and oxygen atoms in total. The van der Waals surface area contributed by atoms with E-state index in [9.17, 15) is 0 Å². The summed E-state index contributed by atoms with van der Waals surface area (Å²) in [5, 5.41) is 0. The van der Waals surface area contributed by atoms with Crippen molar-refractivity contribution in [3.05, 3.63) is 46.6 Å². The van der Waals surface area contributed by atoms with E-state index < -0.39 is 0 Å². The van der Waals surface area contributed by atoms with Gasteiger partial charge >= 0.3 is 0 Å². The maximum absolute atomic E-state index is 2.61. The Labute approximate surface area is 130 Å². The molecule has 0 heteroatoms. The minimum absolute atomic E-state index is 0.316. The molecule has 3 atom stereocenters. The summed E-state index contributed by atoms with van der Waals surface area (Å²) in [6, 6.07) is 0. The molecule has 21 heavy (non-hydrogen) atoms.